The number of amides is 2. The zero-order valence-electron chi connectivity index (χ0n) is 37.3. The number of likely N-dealkylation sites (tertiary alicyclic amines) is 1. The molecule has 17 heteroatoms. The number of carbonyl (C=O) groups is 2. The standard InChI is InChI=1S/C48H56Cl2N8O6S/c1-48(2)15-11-35(41(26-48)33-5-7-36(49)8-6-33)29-56-19-21-57(22-20-56)37-9-10-40(43(24-37)64-38-23-34-12-16-51-45(34)52-27-38)46(60)54-65(61,62)39-25-42(50)47(53-28-39)63-31-32-13-17-58(18-14-32)44(59)30-55(3)4/h5-10,12,16,23-25,27-28,32H,11,13-15,17-22,26,29-31H2,1-4H3,(H,51,52)(H,54,60). The molecule has 5 aromatic rings. The second-order valence-electron chi connectivity index (χ2n) is 18.3. The minimum atomic E-state index is -4.44. The van der Waals surface area contributed by atoms with Crippen molar-refractivity contribution in [2.45, 2.75) is 50.8 Å². The Kier molecular flexibility index (Phi) is 14.1. The first-order valence-electron chi connectivity index (χ1n) is 22.1. The number of hydrogen-bond donors (Lipinski definition) is 2. The molecule has 0 radical (unpaired) electrons. The van der Waals surface area contributed by atoms with Crippen molar-refractivity contribution in [2.24, 2.45) is 11.3 Å². The van der Waals surface area contributed by atoms with Gasteiger partial charge < -0.3 is 29.2 Å². The van der Waals surface area contributed by atoms with Crippen molar-refractivity contribution >= 4 is 67.3 Å². The van der Waals surface area contributed by atoms with E-state index in [9.17, 15) is 18.0 Å². The molecule has 3 aromatic heterocycles. The fourth-order valence-corrected chi connectivity index (χ4v) is 10.1. The molecule has 1 aliphatic carbocycles. The van der Waals surface area contributed by atoms with Gasteiger partial charge in [0.05, 0.1) is 31.1 Å². The minimum absolute atomic E-state index is 0.0125. The van der Waals surface area contributed by atoms with Crippen LogP contribution in [0.15, 0.2) is 89.7 Å². The number of sulfonamides is 1. The van der Waals surface area contributed by atoms with Gasteiger partial charge in [-0.05, 0) is 111 Å². The number of piperidine rings is 1. The zero-order chi connectivity index (χ0) is 45.9. The van der Waals surface area contributed by atoms with Crippen LogP contribution in [0.5, 0.6) is 17.4 Å². The number of likely N-dealkylation sites (N-methyl/N-ethyl adjacent to an activating group) is 1. The third-order valence-corrected chi connectivity index (χ3v) is 14.4. The predicted octanol–water partition coefficient (Wildman–Crippen LogP) is 8.14. The third kappa shape index (κ3) is 11.4. The number of aromatic nitrogens is 3. The second-order valence-corrected chi connectivity index (χ2v) is 20.9. The SMILES string of the molecule is CN(C)CC(=O)N1CCC(COc2ncc(S(=O)(=O)NC(=O)c3ccc(N4CCN(CC5=C(c6ccc(Cl)cc6)CC(C)(C)CC5)CC4)cc3Oc3cnc4[nH]ccc4c3)cc2Cl)CC1. The molecular formula is C48H56Cl2N8O6S. The van der Waals surface area contributed by atoms with Gasteiger partial charge in [0, 0.05) is 74.2 Å². The topological polar surface area (TPSA) is 153 Å². The summed E-state index contributed by atoms with van der Waals surface area (Å²) in [7, 11) is -0.700. The van der Waals surface area contributed by atoms with Crippen LogP contribution in [0.2, 0.25) is 10.0 Å². The van der Waals surface area contributed by atoms with Crippen LogP contribution in [0.1, 0.15) is 61.9 Å². The van der Waals surface area contributed by atoms with Crippen molar-refractivity contribution < 1.29 is 27.5 Å². The number of fused-ring (bicyclic) bond motifs is 1. The van der Waals surface area contributed by atoms with E-state index in [4.69, 9.17) is 32.7 Å². The van der Waals surface area contributed by atoms with Gasteiger partial charge in [0.25, 0.3) is 15.9 Å². The first kappa shape index (κ1) is 46.3. The highest BCUT2D eigenvalue weighted by atomic mass is 35.5. The quantitative estimate of drug-likeness (QED) is 0.111. The number of hydrogen-bond acceptors (Lipinski definition) is 11. The molecule has 0 saturated carbocycles. The van der Waals surface area contributed by atoms with E-state index in [-0.39, 0.29) is 44.4 Å². The largest absolute Gasteiger partial charge is 0.476 e. The van der Waals surface area contributed by atoms with E-state index in [1.54, 1.807) is 30.6 Å². The van der Waals surface area contributed by atoms with Crippen molar-refractivity contribution in [2.75, 3.05) is 78.0 Å². The Morgan fingerprint density at radius 3 is 2.42 bits per heavy atom. The first-order chi connectivity index (χ1) is 31.1. The summed E-state index contributed by atoms with van der Waals surface area (Å²) in [5.74, 6) is 0.0216. The van der Waals surface area contributed by atoms with Crippen LogP contribution < -0.4 is 19.1 Å². The molecule has 2 N–H and O–H groups in total. The molecule has 0 bridgehead atoms. The summed E-state index contributed by atoms with van der Waals surface area (Å²) >= 11 is 12.8. The van der Waals surface area contributed by atoms with E-state index in [1.807, 2.05) is 48.2 Å². The molecule has 2 saturated heterocycles. The summed E-state index contributed by atoms with van der Waals surface area (Å²) in [6.45, 7) is 10.7. The number of ether oxygens (including phenoxy) is 2. The Labute approximate surface area is 390 Å². The average molecular weight is 944 g/mol. The highest BCUT2D eigenvalue weighted by molar-refractivity contribution is 7.90. The van der Waals surface area contributed by atoms with Crippen LogP contribution in [0.25, 0.3) is 16.6 Å². The third-order valence-electron chi connectivity index (χ3n) is 12.5. The smallest absolute Gasteiger partial charge is 0.268 e. The number of carbonyl (C=O) groups excluding carboxylic acids is 2. The first-order valence-corrected chi connectivity index (χ1v) is 24.3. The molecule has 5 heterocycles. The molecule has 2 aliphatic heterocycles. The number of nitrogens with zero attached hydrogens (tertiary/aromatic N) is 6. The van der Waals surface area contributed by atoms with Crippen LogP contribution in [-0.2, 0) is 14.8 Å². The van der Waals surface area contributed by atoms with Crippen LogP contribution in [-0.4, -0.2) is 123 Å². The molecular weight excluding hydrogens is 888 g/mol. The summed E-state index contributed by atoms with van der Waals surface area (Å²) in [6, 6.07) is 18.3. The Bertz CT molecular complexity index is 2670. The lowest BCUT2D eigenvalue weighted by Gasteiger charge is -2.39. The fourth-order valence-electron chi connectivity index (χ4n) is 8.79. The fraction of sp³-hybridized carbons (Fsp3) is 0.417. The van der Waals surface area contributed by atoms with Crippen molar-refractivity contribution in [1.82, 2.24) is 34.4 Å². The molecule has 14 nitrogen and oxygen atoms in total. The highest BCUT2D eigenvalue weighted by Gasteiger charge is 2.31. The summed E-state index contributed by atoms with van der Waals surface area (Å²) < 4.78 is 41.8. The Morgan fingerprint density at radius 1 is 0.938 bits per heavy atom. The number of halogens is 2. The molecule has 0 atom stereocenters. The number of pyridine rings is 2. The summed E-state index contributed by atoms with van der Waals surface area (Å²) in [6.07, 6.45) is 9.19. The van der Waals surface area contributed by atoms with Gasteiger partial charge >= 0.3 is 0 Å². The van der Waals surface area contributed by atoms with Gasteiger partial charge in [0.1, 0.15) is 27.1 Å². The summed E-state index contributed by atoms with van der Waals surface area (Å²) in [5, 5.41) is 1.54. The van der Waals surface area contributed by atoms with Gasteiger partial charge in [0.2, 0.25) is 11.8 Å². The lowest BCUT2D eigenvalue weighted by atomic mass is 9.72. The molecule has 2 aromatic carbocycles. The van der Waals surface area contributed by atoms with Crippen LogP contribution in [0.3, 0.4) is 0 Å². The number of benzene rings is 2. The molecule has 0 spiro atoms. The number of H-pyrrole nitrogens is 1. The van der Waals surface area contributed by atoms with Crippen molar-refractivity contribution in [3.8, 4) is 17.4 Å². The van der Waals surface area contributed by atoms with Crippen LogP contribution in [0, 0.1) is 11.3 Å². The van der Waals surface area contributed by atoms with E-state index in [1.165, 1.54) is 22.8 Å². The Morgan fingerprint density at radius 2 is 1.69 bits per heavy atom. The zero-order valence-corrected chi connectivity index (χ0v) is 39.6. The van der Waals surface area contributed by atoms with Crippen molar-refractivity contribution in [1.29, 1.82) is 0 Å². The lowest BCUT2D eigenvalue weighted by Crippen LogP contribution is -2.47. The monoisotopic (exact) mass is 942 g/mol. The van der Waals surface area contributed by atoms with E-state index >= 15 is 0 Å². The van der Waals surface area contributed by atoms with E-state index in [2.05, 4.69) is 55.5 Å². The van der Waals surface area contributed by atoms with E-state index < -0.39 is 15.9 Å². The summed E-state index contributed by atoms with van der Waals surface area (Å²) in [4.78, 5) is 46.3. The molecule has 65 heavy (non-hydrogen) atoms. The number of piperazine rings is 1. The molecule has 2 fully saturated rings. The van der Waals surface area contributed by atoms with Gasteiger partial charge in [-0.1, -0.05) is 54.8 Å². The van der Waals surface area contributed by atoms with Gasteiger partial charge in [-0.3, -0.25) is 14.5 Å². The van der Waals surface area contributed by atoms with Gasteiger partial charge in [-0.2, -0.15) is 0 Å². The lowest BCUT2D eigenvalue weighted by molar-refractivity contribution is -0.133. The van der Waals surface area contributed by atoms with Crippen LogP contribution in [0.4, 0.5) is 5.69 Å². The van der Waals surface area contributed by atoms with Crippen LogP contribution >= 0.6 is 23.2 Å². The normalized spacial score (nSPS) is 17.5. The van der Waals surface area contributed by atoms with E-state index in [0.717, 1.165) is 87.1 Å². The van der Waals surface area contributed by atoms with Crippen molar-refractivity contribution in [3.05, 3.63) is 106 Å². The number of aromatic amines is 1. The molecule has 344 valence electrons. The summed E-state index contributed by atoms with van der Waals surface area (Å²) in [5.41, 5.74) is 5.91. The maximum atomic E-state index is 13.9. The molecule has 2 amide bonds. The minimum Gasteiger partial charge on any atom is -0.476 e. The van der Waals surface area contributed by atoms with Gasteiger partial charge in [0.15, 0.2) is 0 Å². The maximum Gasteiger partial charge on any atom is 0.268 e. The van der Waals surface area contributed by atoms with Gasteiger partial charge in [-0.25, -0.2) is 23.1 Å². The number of anilines is 1. The molecule has 0 unspecified atom stereocenters. The van der Waals surface area contributed by atoms with E-state index in [0.29, 0.717) is 37.6 Å². The number of allylic oxidation sites excluding steroid dienone is 1. The molecule has 8 rings (SSSR count). The highest BCUT2D eigenvalue weighted by Crippen LogP contribution is 2.43. The predicted molar refractivity (Wildman–Crippen MR) is 255 cm³/mol. The Hall–Kier alpha value is -5.19. The number of rotatable bonds is 14. The van der Waals surface area contributed by atoms with Crippen molar-refractivity contribution in [3.63, 3.8) is 0 Å². The second kappa shape index (κ2) is 19.7. The molecule has 3 aliphatic rings. The number of nitrogens with one attached hydrogen (secondary N) is 2. The maximum absolute atomic E-state index is 13.9. The Balaban J connectivity index is 0.944. The average Bonchev–Trinajstić information content (AvgIpc) is 3.75. The van der Waals surface area contributed by atoms with Gasteiger partial charge in [-0.15, -0.1) is 0 Å².